The Bertz CT molecular complexity index is 4270. The van der Waals surface area contributed by atoms with Gasteiger partial charge in [-0.05, 0) is 107 Å². The maximum absolute atomic E-state index is 14.0. The third-order valence-corrected chi connectivity index (χ3v) is 19.6. The van der Waals surface area contributed by atoms with Crippen LogP contribution in [0, 0.1) is 5.92 Å². The van der Waals surface area contributed by atoms with Crippen LogP contribution in [0.5, 0.6) is 0 Å². The highest BCUT2D eigenvalue weighted by Gasteiger charge is 2.44. The Balaban J connectivity index is 0.595. The first kappa shape index (κ1) is 87.8. The second kappa shape index (κ2) is 43.9. The van der Waals surface area contributed by atoms with Crippen LogP contribution in [0.15, 0.2) is 83.8 Å². The minimum absolute atomic E-state index is 0.00713. The topological polar surface area (TPSA) is 409 Å². The first-order valence-corrected chi connectivity index (χ1v) is 39.2. The van der Waals surface area contributed by atoms with Crippen LogP contribution in [-0.2, 0) is 126 Å². The Hall–Kier alpha value is -8.75. The molecule has 111 heavy (non-hydrogen) atoms. The quantitative estimate of drug-likeness (QED) is 0.0153. The van der Waals surface area contributed by atoms with Crippen LogP contribution >= 0.6 is 0 Å². The lowest BCUT2D eigenvalue weighted by atomic mass is 9.77. The number of nitrogens with one attached hydrogen (secondary N) is 6. The molecule has 4 atom stereocenters. The number of hydrogen-bond acceptors (Lipinski definition) is 24. The molecule has 5 heterocycles. The molecule has 33 nitrogen and oxygen atoms in total. The summed E-state index contributed by atoms with van der Waals surface area (Å²) in [6.45, 7) is 16.5. The van der Waals surface area contributed by atoms with Gasteiger partial charge in [-0.25, -0.2) is 19.8 Å². The summed E-state index contributed by atoms with van der Waals surface area (Å²) in [5.41, 5.74) is 8.17. The Morgan fingerprint density at radius 3 is 1.89 bits per heavy atom. The third kappa shape index (κ3) is 26.2. The van der Waals surface area contributed by atoms with Crippen LogP contribution in [-0.4, -0.2) is 251 Å². The molecule has 0 unspecified atom stereocenters. The molecule has 1 aliphatic carbocycles. The van der Waals surface area contributed by atoms with Crippen molar-refractivity contribution in [2.45, 2.75) is 136 Å². The zero-order chi connectivity index (χ0) is 80.0. The number of aromatic nitrogens is 4. The average molecular weight is 1570 g/mol. The number of para-hydroxylation sites is 1. The molecule has 6 amide bonds. The molecule has 0 radical (unpaired) electrons. The van der Waals surface area contributed by atoms with Crippen LogP contribution in [0.1, 0.15) is 101 Å². The summed E-state index contributed by atoms with van der Waals surface area (Å²) in [5, 5.41) is 28.4. The number of carbonyl (C=O) groups is 7. The number of pyridine rings is 3. The first-order chi connectivity index (χ1) is 53.3. The second-order valence-corrected chi connectivity index (χ2v) is 29.0. The van der Waals surface area contributed by atoms with E-state index in [2.05, 4.69) is 37.0 Å². The van der Waals surface area contributed by atoms with Gasteiger partial charge < -0.3 is 88.4 Å². The van der Waals surface area contributed by atoms with Crippen molar-refractivity contribution >= 4 is 79.2 Å². The fourth-order valence-corrected chi connectivity index (χ4v) is 13.4. The van der Waals surface area contributed by atoms with E-state index in [0.717, 1.165) is 27.6 Å². The smallest absolute Gasteiger partial charge is 0.410 e. The Kier molecular flexibility index (Phi) is 34.7. The normalized spacial score (nSPS) is 14.8. The van der Waals surface area contributed by atoms with Crippen molar-refractivity contribution in [1.29, 1.82) is 0 Å². The zero-order valence-corrected chi connectivity index (χ0v) is 65.5. The van der Waals surface area contributed by atoms with Gasteiger partial charge in [0.25, 0.3) is 15.7 Å². The number of anilines is 1. The summed E-state index contributed by atoms with van der Waals surface area (Å²) in [4.78, 5) is 117. The van der Waals surface area contributed by atoms with Crippen LogP contribution in [0.4, 0.5) is 10.5 Å². The highest BCUT2D eigenvalue weighted by atomic mass is 32.2. The number of hydrogen-bond donors (Lipinski definition) is 8. The SMILES string of the molecule is CC[C@@]1(O)C(=O)CCc2c1cc1n(c2=O)Cc2c-1nc1ccccc1c2CCN(C(=O)OCc1ccc(NC(=O)[C@H](C)NC(=O)[C@@H](NC(=O)CCOCCOCCOCCOCCOCCOCCOCCOCCNC(=O)[C@H](CS(=O)(=O)O)NC(=O)CCn2c(CN(C)NC)cc3cccnc32)C(C)C)cc1)C(C)C. The van der Waals surface area contributed by atoms with Crippen molar-refractivity contribution in [2.24, 2.45) is 5.92 Å². The number of ketones is 1. The van der Waals surface area contributed by atoms with Crippen molar-refractivity contribution in [2.75, 3.05) is 144 Å². The summed E-state index contributed by atoms with van der Waals surface area (Å²) in [5.74, 6) is -4.41. The molecule has 2 aliphatic rings. The van der Waals surface area contributed by atoms with Gasteiger partial charge in [-0.2, -0.15) is 8.42 Å². The lowest BCUT2D eigenvalue weighted by Crippen LogP contribution is -2.53. The van der Waals surface area contributed by atoms with Gasteiger partial charge in [0.05, 0.1) is 136 Å². The van der Waals surface area contributed by atoms with Gasteiger partial charge in [0.15, 0.2) is 5.78 Å². The molecule has 608 valence electrons. The summed E-state index contributed by atoms with van der Waals surface area (Å²) >= 11 is 0. The van der Waals surface area contributed by atoms with E-state index in [9.17, 15) is 56.4 Å². The summed E-state index contributed by atoms with van der Waals surface area (Å²) < 4.78 is 86.6. The van der Waals surface area contributed by atoms with E-state index in [0.29, 0.717) is 131 Å². The van der Waals surface area contributed by atoms with Crippen LogP contribution < -0.4 is 37.6 Å². The van der Waals surface area contributed by atoms with Gasteiger partial charge in [0.1, 0.15) is 41.7 Å². The van der Waals surface area contributed by atoms with Crippen molar-refractivity contribution in [3.8, 4) is 11.4 Å². The third-order valence-electron chi connectivity index (χ3n) is 18.9. The highest BCUT2D eigenvalue weighted by Crippen LogP contribution is 2.41. The number of Topliss-reactive ketones (excluding diaryl/α,β-unsaturated/α-hetero) is 1. The number of ether oxygens (including phenoxy) is 9. The van der Waals surface area contributed by atoms with E-state index in [1.807, 2.05) is 72.9 Å². The van der Waals surface area contributed by atoms with Crippen LogP contribution in [0.25, 0.3) is 33.3 Å². The molecule has 4 aromatic heterocycles. The van der Waals surface area contributed by atoms with Gasteiger partial charge in [-0.1, -0.05) is 51.1 Å². The molecule has 0 spiro atoms. The number of nitrogens with zero attached hydrogens (tertiary/aromatic N) is 6. The zero-order valence-electron chi connectivity index (χ0n) is 64.6. The molecule has 0 bridgehead atoms. The molecule has 0 saturated heterocycles. The van der Waals surface area contributed by atoms with E-state index in [4.69, 9.17) is 47.6 Å². The predicted octanol–water partition coefficient (Wildman–Crippen LogP) is 3.73. The minimum Gasteiger partial charge on any atom is -0.445 e. The average Bonchev–Trinajstić information content (AvgIpc) is 1.60. The van der Waals surface area contributed by atoms with E-state index in [-0.39, 0.29) is 121 Å². The number of fused-ring (bicyclic) bond motifs is 6. The van der Waals surface area contributed by atoms with Crippen LogP contribution in [0.2, 0.25) is 0 Å². The van der Waals surface area contributed by atoms with Gasteiger partial charge in [-0.15, -0.1) is 0 Å². The van der Waals surface area contributed by atoms with Gasteiger partial charge >= 0.3 is 6.09 Å². The predicted molar refractivity (Wildman–Crippen MR) is 411 cm³/mol. The molecular weight excluding hydrogens is 1460 g/mol. The maximum atomic E-state index is 14.0. The summed E-state index contributed by atoms with van der Waals surface area (Å²) in [7, 11) is -0.970. The van der Waals surface area contributed by atoms with Gasteiger partial charge in [0.2, 0.25) is 29.5 Å². The number of amides is 6. The standard InChI is InChI=1S/C77H108N12O21S/c1-9-77(98)62-46-65-70-61(48-89(65)75(96)60(62)20-21-66(77)90)58(59-14-10-11-15-63(59)84-70)22-27-87(52(4)5)76(97)110-49-54-16-18-56(19-17-54)82-72(93)53(6)81-74(95)69(51(2)3)85-68(92)24-29-102-31-33-104-35-37-106-39-41-108-43-44-109-42-40-107-38-36-105-34-32-103-30-26-80-73(94)64(50-111(99,100)101)83-67(91)23-28-88-57(47-86(8)78-7)45-55-13-12-25-79-71(55)88/h10-19,25,45-46,51-53,64,69,78,98H,9,20-24,26-44,47-50H2,1-8H3,(H,80,94)(H,81,95)(H,82,93)(H,83,91)(H,85,92)(H,99,100,101)/t53-,64-,69-,77-/m0/s1. The number of benzene rings is 2. The fourth-order valence-electron chi connectivity index (χ4n) is 12.8. The Morgan fingerprint density at radius 1 is 0.694 bits per heavy atom. The molecule has 8 N–H and O–H groups in total. The van der Waals surface area contributed by atoms with E-state index >= 15 is 0 Å². The Morgan fingerprint density at radius 2 is 1.30 bits per heavy atom. The summed E-state index contributed by atoms with van der Waals surface area (Å²) in [6.07, 6.45) is 1.94. The van der Waals surface area contributed by atoms with E-state index in [1.54, 1.807) is 73.8 Å². The molecule has 1 aliphatic heterocycles. The first-order valence-electron chi connectivity index (χ1n) is 37.6. The summed E-state index contributed by atoms with van der Waals surface area (Å²) in [6, 6.07) is 18.2. The van der Waals surface area contributed by atoms with Crippen LogP contribution in [0.3, 0.4) is 0 Å². The number of aryl methyl sites for hydroxylation is 1. The monoisotopic (exact) mass is 1570 g/mol. The fraction of sp³-hybridized carbons (Fsp3) is 0.558. The highest BCUT2D eigenvalue weighted by molar-refractivity contribution is 7.85. The molecule has 8 rings (SSSR count). The largest absolute Gasteiger partial charge is 0.445 e. The molecule has 34 heteroatoms. The lowest BCUT2D eigenvalue weighted by Gasteiger charge is -2.32. The molecule has 2 aromatic carbocycles. The van der Waals surface area contributed by atoms with Crippen molar-refractivity contribution in [1.82, 2.24) is 55.7 Å². The number of carbonyl (C=O) groups excluding carboxylic acids is 7. The number of aliphatic hydroxyl groups is 1. The molecular formula is C77H108N12O21S. The molecule has 6 aromatic rings. The van der Waals surface area contributed by atoms with Gasteiger partial charge in [0, 0.05) is 97.0 Å². The number of rotatable bonds is 50. The molecule has 0 saturated carbocycles. The maximum Gasteiger partial charge on any atom is 0.410 e. The second-order valence-electron chi connectivity index (χ2n) is 27.5. The van der Waals surface area contributed by atoms with Crippen molar-refractivity contribution < 1.29 is 94.3 Å². The lowest BCUT2D eigenvalue weighted by molar-refractivity contribution is -0.140. The molecule has 0 fully saturated rings. The van der Waals surface area contributed by atoms with Gasteiger partial charge in [-0.3, -0.25) is 43.5 Å². The van der Waals surface area contributed by atoms with E-state index in [1.165, 1.54) is 6.92 Å². The number of hydrazine groups is 1. The van der Waals surface area contributed by atoms with E-state index < -0.39 is 75.2 Å². The van der Waals surface area contributed by atoms with Crippen molar-refractivity contribution in [3.05, 3.63) is 123 Å². The van der Waals surface area contributed by atoms with Crippen molar-refractivity contribution in [3.63, 3.8) is 0 Å². The Labute approximate surface area is 646 Å². The minimum atomic E-state index is -4.62.